The molecule has 8 aromatic rings. The van der Waals surface area contributed by atoms with Crippen molar-refractivity contribution in [2.45, 2.75) is 38.0 Å². The first-order valence-corrected chi connectivity index (χ1v) is 19.4. The van der Waals surface area contributed by atoms with Gasteiger partial charge in [0.05, 0.1) is 0 Å². The smallest absolute Gasteiger partial charge is 0.164 e. The maximum absolute atomic E-state index is 6.45. The minimum Gasteiger partial charge on any atom is -0.456 e. The molecule has 0 spiro atoms. The van der Waals surface area contributed by atoms with Crippen LogP contribution in [0.3, 0.4) is 0 Å². The Bertz CT molecular complexity index is 2930. The lowest BCUT2D eigenvalue weighted by atomic mass is 9.79. The minimum absolute atomic E-state index is 0.365. The van der Waals surface area contributed by atoms with Crippen LogP contribution in [0.2, 0.25) is 0 Å². The van der Waals surface area contributed by atoms with Crippen molar-refractivity contribution in [3.05, 3.63) is 172 Å². The number of furan rings is 1. The van der Waals surface area contributed by atoms with E-state index in [1.807, 2.05) is 60.7 Å². The minimum atomic E-state index is 0.365. The number of benzene rings is 6. The second-order valence-corrected chi connectivity index (χ2v) is 14.9. The van der Waals surface area contributed by atoms with Crippen LogP contribution in [0, 0.1) is 0 Å². The first-order chi connectivity index (χ1) is 27.2. The Hall–Kier alpha value is -6.65. The Morgan fingerprint density at radius 1 is 0.491 bits per heavy atom. The lowest BCUT2D eigenvalue weighted by Crippen LogP contribution is -2.37. The van der Waals surface area contributed by atoms with Gasteiger partial charge in [0, 0.05) is 33.4 Å². The van der Waals surface area contributed by atoms with Crippen LogP contribution in [0.15, 0.2) is 138 Å². The molecule has 3 aliphatic rings. The van der Waals surface area contributed by atoms with E-state index in [4.69, 9.17) is 19.4 Å². The molecule has 0 N–H and O–H groups in total. The summed E-state index contributed by atoms with van der Waals surface area (Å²) < 4.78 is 6.45. The fourth-order valence-electron chi connectivity index (χ4n) is 8.85. The van der Waals surface area contributed by atoms with Gasteiger partial charge in [-0.2, -0.15) is 0 Å². The molecule has 262 valence electrons. The van der Waals surface area contributed by atoms with Gasteiger partial charge >= 0.3 is 0 Å². The number of fused-ring (bicyclic) bond motifs is 9. The normalized spacial score (nSPS) is 15.6. The molecule has 2 aromatic heterocycles. The summed E-state index contributed by atoms with van der Waals surface area (Å²) in [6.07, 6.45) is 20.1. The van der Waals surface area contributed by atoms with Crippen LogP contribution < -0.4 is 10.4 Å². The van der Waals surface area contributed by atoms with Crippen molar-refractivity contribution in [3.8, 4) is 45.3 Å². The van der Waals surface area contributed by atoms with Crippen LogP contribution in [-0.2, 0) is 12.8 Å². The first-order valence-electron chi connectivity index (χ1n) is 19.4. The second-order valence-electron chi connectivity index (χ2n) is 14.9. The fraction of sp³-hybridized carbons (Fsp3) is 0.118. The van der Waals surface area contributed by atoms with E-state index in [1.54, 1.807) is 11.1 Å². The summed E-state index contributed by atoms with van der Waals surface area (Å²) in [5.74, 6) is 2.26. The van der Waals surface area contributed by atoms with E-state index in [0.717, 1.165) is 70.7 Å². The number of aromatic nitrogens is 3. The molecular weight excluding hydrogens is 671 g/mol. The molecule has 0 saturated carbocycles. The number of hydrogen-bond donors (Lipinski definition) is 0. The van der Waals surface area contributed by atoms with E-state index in [1.165, 1.54) is 38.3 Å². The second kappa shape index (κ2) is 13.0. The Labute approximate surface area is 319 Å². The largest absolute Gasteiger partial charge is 0.456 e. The summed E-state index contributed by atoms with van der Waals surface area (Å²) in [5.41, 5.74) is 14.2. The van der Waals surface area contributed by atoms with Crippen molar-refractivity contribution in [1.82, 2.24) is 15.0 Å². The van der Waals surface area contributed by atoms with Gasteiger partial charge in [-0.25, -0.2) is 15.0 Å². The average molecular weight is 708 g/mol. The number of rotatable bonds is 5. The average Bonchev–Trinajstić information content (AvgIpc) is 3.64. The highest BCUT2D eigenvalue weighted by Crippen LogP contribution is 2.36. The molecule has 4 nitrogen and oxygen atoms in total. The molecule has 6 aromatic carbocycles. The third kappa shape index (κ3) is 5.56. The van der Waals surface area contributed by atoms with Crippen LogP contribution in [0.25, 0.3) is 91.5 Å². The molecule has 1 atom stereocenters. The molecular formula is C51H37N3O. The van der Waals surface area contributed by atoms with Crippen LogP contribution in [-0.4, -0.2) is 15.0 Å². The molecule has 55 heavy (non-hydrogen) atoms. The van der Waals surface area contributed by atoms with E-state index in [0.29, 0.717) is 23.4 Å². The summed E-state index contributed by atoms with van der Waals surface area (Å²) in [6, 6.07) is 42.1. The maximum atomic E-state index is 6.45. The van der Waals surface area contributed by atoms with E-state index in [-0.39, 0.29) is 0 Å². The van der Waals surface area contributed by atoms with Crippen molar-refractivity contribution in [2.24, 2.45) is 0 Å². The highest BCUT2D eigenvalue weighted by atomic mass is 16.3. The topological polar surface area (TPSA) is 51.8 Å². The van der Waals surface area contributed by atoms with Crippen LogP contribution >= 0.6 is 0 Å². The zero-order valence-electron chi connectivity index (χ0n) is 30.4. The third-order valence-electron chi connectivity index (χ3n) is 11.6. The van der Waals surface area contributed by atoms with Gasteiger partial charge in [-0.15, -0.1) is 0 Å². The zero-order valence-corrected chi connectivity index (χ0v) is 30.4. The fourth-order valence-corrected chi connectivity index (χ4v) is 8.85. The van der Waals surface area contributed by atoms with E-state index in [2.05, 4.69) is 97.1 Å². The van der Waals surface area contributed by atoms with Gasteiger partial charge in [-0.05, 0) is 106 Å². The Kier molecular flexibility index (Phi) is 7.54. The van der Waals surface area contributed by atoms with E-state index < -0.39 is 0 Å². The Morgan fingerprint density at radius 2 is 1.13 bits per heavy atom. The molecule has 0 radical (unpaired) electrons. The van der Waals surface area contributed by atoms with Gasteiger partial charge in [0.15, 0.2) is 17.5 Å². The number of hydrogen-bond acceptors (Lipinski definition) is 4. The molecule has 3 aliphatic carbocycles. The highest BCUT2D eigenvalue weighted by molar-refractivity contribution is 6.07. The summed E-state index contributed by atoms with van der Waals surface area (Å²) in [4.78, 5) is 14.7. The van der Waals surface area contributed by atoms with Gasteiger partial charge in [-0.1, -0.05) is 134 Å². The highest BCUT2D eigenvalue weighted by Gasteiger charge is 2.22. The van der Waals surface area contributed by atoms with Gasteiger partial charge in [-0.3, -0.25) is 0 Å². The summed E-state index contributed by atoms with van der Waals surface area (Å²) >= 11 is 0. The van der Waals surface area contributed by atoms with Gasteiger partial charge < -0.3 is 4.42 Å². The number of allylic oxidation sites excluding steroid dienone is 2. The van der Waals surface area contributed by atoms with Gasteiger partial charge in [0.25, 0.3) is 0 Å². The van der Waals surface area contributed by atoms with Crippen LogP contribution in [0.4, 0.5) is 0 Å². The van der Waals surface area contributed by atoms with Gasteiger partial charge in [0.2, 0.25) is 0 Å². The lowest BCUT2D eigenvalue weighted by molar-refractivity contribution is 0.669. The molecule has 0 fully saturated rings. The maximum Gasteiger partial charge on any atom is 0.164 e. The SMILES string of the molecule is C1=Cc2c(c3c(c4c2=CC(c2ccc(-c5ccc6oc7cc(-c8nc(-c9ccccc9)nc(-c9ccccc9)n8)ccc7c6c5)cc2)CC=4)CCC=C3)CC1. The van der Waals surface area contributed by atoms with Crippen LogP contribution in [0.5, 0.6) is 0 Å². The predicted octanol–water partition coefficient (Wildman–Crippen LogP) is 11.1. The zero-order chi connectivity index (χ0) is 36.3. The standard InChI is InChI=1S/C51H37N3O/c1-3-11-34(12-4-1)49-52-50(35-13-5-2-6-14-35)54-51(53-49)38-24-27-44-46-30-37(25-28-47(46)55-48(44)31-38)33-21-19-32(20-22-33)36-23-26-43-41-17-8-7-15-39(41)40-16-9-10-18-42(40)45(43)29-36/h1-7,10-15,18-22,24-31,36H,8-9,16-17,23H2. The monoisotopic (exact) mass is 707 g/mol. The molecule has 0 saturated heterocycles. The van der Waals surface area contributed by atoms with Crippen molar-refractivity contribution >= 4 is 46.2 Å². The Balaban J connectivity index is 0.923. The molecule has 11 rings (SSSR count). The lowest BCUT2D eigenvalue weighted by Gasteiger charge is -2.25. The van der Waals surface area contributed by atoms with E-state index >= 15 is 0 Å². The molecule has 0 bridgehead atoms. The summed E-state index contributed by atoms with van der Waals surface area (Å²) in [7, 11) is 0. The third-order valence-corrected chi connectivity index (χ3v) is 11.6. The molecule has 4 heteroatoms. The predicted molar refractivity (Wildman–Crippen MR) is 226 cm³/mol. The molecule has 2 heterocycles. The summed E-state index contributed by atoms with van der Waals surface area (Å²) in [5, 5.41) is 5.09. The van der Waals surface area contributed by atoms with Crippen molar-refractivity contribution in [2.75, 3.05) is 0 Å². The first kappa shape index (κ1) is 31.8. The summed E-state index contributed by atoms with van der Waals surface area (Å²) in [6.45, 7) is 0. The Morgan fingerprint density at radius 3 is 1.85 bits per heavy atom. The van der Waals surface area contributed by atoms with Crippen LogP contribution in [0.1, 0.15) is 53.0 Å². The molecule has 0 amide bonds. The van der Waals surface area contributed by atoms with Crippen molar-refractivity contribution < 1.29 is 4.42 Å². The molecule has 0 aliphatic heterocycles. The van der Waals surface area contributed by atoms with E-state index in [9.17, 15) is 0 Å². The van der Waals surface area contributed by atoms with Gasteiger partial charge in [0.1, 0.15) is 11.2 Å². The number of nitrogens with zero attached hydrogens (tertiary/aromatic N) is 3. The van der Waals surface area contributed by atoms with Crippen molar-refractivity contribution in [3.63, 3.8) is 0 Å². The quantitative estimate of drug-likeness (QED) is 0.179. The van der Waals surface area contributed by atoms with Crippen molar-refractivity contribution in [1.29, 1.82) is 0 Å². The molecule has 1 unspecified atom stereocenters.